The second-order valence-corrected chi connectivity index (χ2v) is 5.13. The lowest BCUT2D eigenvalue weighted by Gasteiger charge is -2.13. The van der Waals surface area contributed by atoms with Crippen molar-refractivity contribution in [3.05, 3.63) is 23.8 Å². The first-order valence-electron chi connectivity index (χ1n) is 7.00. The maximum atomic E-state index is 5.80. The molecule has 106 valence electrons. The van der Waals surface area contributed by atoms with Crippen LogP contribution in [0.25, 0.3) is 0 Å². The van der Waals surface area contributed by atoms with Crippen LogP contribution in [0.15, 0.2) is 18.2 Å². The third kappa shape index (κ3) is 4.40. The predicted molar refractivity (Wildman–Crippen MR) is 76.9 cm³/mol. The zero-order valence-corrected chi connectivity index (χ0v) is 11.9. The highest BCUT2D eigenvalue weighted by Gasteiger charge is 2.13. The van der Waals surface area contributed by atoms with Gasteiger partial charge in [0.25, 0.3) is 0 Å². The molecule has 1 N–H and O–H groups in total. The van der Waals surface area contributed by atoms with Crippen molar-refractivity contribution in [2.45, 2.75) is 19.4 Å². The number of hydrogen-bond donors (Lipinski definition) is 1. The van der Waals surface area contributed by atoms with E-state index in [1.807, 2.05) is 12.1 Å². The van der Waals surface area contributed by atoms with Gasteiger partial charge in [-0.2, -0.15) is 0 Å². The van der Waals surface area contributed by atoms with E-state index >= 15 is 0 Å². The summed E-state index contributed by atoms with van der Waals surface area (Å²) in [6.45, 7) is 4.44. The molecule has 0 atom stereocenters. The van der Waals surface area contributed by atoms with E-state index in [1.54, 1.807) is 0 Å². The van der Waals surface area contributed by atoms with Crippen molar-refractivity contribution < 1.29 is 9.47 Å². The molecular formula is C15H24N2O2. The number of benzene rings is 1. The van der Waals surface area contributed by atoms with Crippen LogP contribution in [-0.2, 0) is 6.54 Å². The van der Waals surface area contributed by atoms with Gasteiger partial charge in [-0.1, -0.05) is 12.1 Å². The molecule has 1 aliphatic rings. The summed E-state index contributed by atoms with van der Waals surface area (Å²) in [6.07, 6.45) is 2.10. The average Bonchev–Trinajstić information content (AvgIpc) is 2.63. The molecule has 0 radical (unpaired) electrons. The first-order chi connectivity index (χ1) is 9.27. The van der Waals surface area contributed by atoms with E-state index in [2.05, 4.69) is 30.4 Å². The zero-order chi connectivity index (χ0) is 13.5. The Labute approximate surface area is 115 Å². The van der Waals surface area contributed by atoms with Crippen molar-refractivity contribution in [3.8, 4) is 11.5 Å². The first-order valence-corrected chi connectivity index (χ1v) is 7.00. The van der Waals surface area contributed by atoms with Gasteiger partial charge in [-0.3, -0.25) is 0 Å². The third-order valence-electron chi connectivity index (χ3n) is 3.13. The van der Waals surface area contributed by atoms with Crippen LogP contribution in [0.5, 0.6) is 11.5 Å². The van der Waals surface area contributed by atoms with Gasteiger partial charge in [0.2, 0.25) is 0 Å². The summed E-state index contributed by atoms with van der Waals surface area (Å²) in [6, 6.07) is 6.12. The zero-order valence-electron chi connectivity index (χ0n) is 11.9. The van der Waals surface area contributed by atoms with Crippen LogP contribution in [0.2, 0.25) is 0 Å². The fraction of sp³-hybridized carbons (Fsp3) is 0.600. The van der Waals surface area contributed by atoms with Crippen molar-refractivity contribution in [1.82, 2.24) is 10.2 Å². The van der Waals surface area contributed by atoms with Gasteiger partial charge in [-0.25, -0.2) is 0 Å². The summed E-state index contributed by atoms with van der Waals surface area (Å²) in [5, 5.41) is 3.47. The SMILES string of the molecule is CN(C)CCCNCc1cccc2c1OCCCO2. The van der Waals surface area contributed by atoms with Gasteiger partial charge in [-0.05, 0) is 39.7 Å². The molecular weight excluding hydrogens is 240 g/mol. The van der Waals surface area contributed by atoms with E-state index in [1.165, 1.54) is 5.56 Å². The minimum atomic E-state index is 0.741. The fourth-order valence-corrected chi connectivity index (χ4v) is 2.14. The average molecular weight is 264 g/mol. The topological polar surface area (TPSA) is 33.7 Å². The second kappa shape index (κ2) is 7.36. The molecule has 2 rings (SSSR count). The number of rotatable bonds is 6. The minimum Gasteiger partial charge on any atom is -0.490 e. The summed E-state index contributed by atoms with van der Waals surface area (Å²) >= 11 is 0. The summed E-state index contributed by atoms with van der Waals surface area (Å²) in [4.78, 5) is 2.20. The lowest BCUT2D eigenvalue weighted by atomic mass is 10.2. The van der Waals surface area contributed by atoms with Crippen LogP contribution in [0.1, 0.15) is 18.4 Å². The number of para-hydroxylation sites is 1. The number of nitrogens with one attached hydrogen (secondary N) is 1. The monoisotopic (exact) mass is 264 g/mol. The van der Waals surface area contributed by atoms with E-state index in [-0.39, 0.29) is 0 Å². The lowest BCUT2D eigenvalue weighted by molar-refractivity contribution is 0.296. The van der Waals surface area contributed by atoms with Crippen molar-refractivity contribution in [3.63, 3.8) is 0 Å². The van der Waals surface area contributed by atoms with Crippen molar-refractivity contribution in [2.24, 2.45) is 0 Å². The molecule has 1 aromatic carbocycles. The Morgan fingerprint density at radius 3 is 2.89 bits per heavy atom. The number of hydrogen-bond acceptors (Lipinski definition) is 4. The normalized spacial score (nSPS) is 14.5. The predicted octanol–water partition coefficient (Wildman–Crippen LogP) is 1.89. The van der Waals surface area contributed by atoms with E-state index in [9.17, 15) is 0 Å². The van der Waals surface area contributed by atoms with Crippen molar-refractivity contribution in [2.75, 3.05) is 40.4 Å². The van der Waals surface area contributed by atoms with Crippen LogP contribution in [0.4, 0.5) is 0 Å². The molecule has 0 unspecified atom stereocenters. The Balaban J connectivity index is 1.86. The highest BCUT2D eigenvalue weighted by molar-refractivity contribution is 5.46. The Morgan fingerprint density at radius 1 is 1.21 bits per heavy atom. The molecule has 4 nitrogen and oxygen atoms in total. The molecule has 0 saturated carbocycles. The third-order valence-corrected chi connectivity index (χ3v) is 3.13. The Bertz CT molecular complexity index is 394. The van der Waals surface area contributed by atoms with Gasteiger partial charge >= 0.3 is 0 Å². The molecule has 0 spiro atoms. The quantitative estimate of drug-likeness (QED) is 0.796. The van der Waals surface area contributed by atoms with Gasteiger partial charge in [0.15, 0.2) is 11.5 Å². The largest absolute Gasteiger partial charge is 0.490 e. The van der Waals surface area contributed by atoms with E-state index in [0.29, 0.717) is 0 Å². The maximum absolute atomic E-state index is 5.80. The Morgan fingerprint density at radius 2 is 2.05 bits per heavy atom. The molecule has 0 saturated heterocycles. The molecule has 0 aliphatic carbocycles. The van der Waals surface area contributed by atoms with Crippen LogP contribution in [0, 0.1) is 0 Å². The van der Waals surface area contributed by atoms with Gasteiger partial charge < -0.3 is 19.7 Å². The van der Waals surface area contributed by atoms with Gasteiger partial charge in [-0.15, -0.1) is 0 Å². The van der Waals surface area contributed by atoms with E-state index < -0.39 is 0 Å². The molecule has 4 heteroatoms. The van der Waals surface area contributed by atoms with Crippen LogP contribution < -0.4 is 14.8 Å². The van der Waals surface area contributed by atoms with Crippen molar-refractivity contribution >= 4 is 0 Å². The Kier molecular flexibility index (Phi) is 5.48. The van der Waals surface area contributed by atoms with Crippen molar-refractivity contribution in [1.29, 1.82) is 0 Å². The molecule has 0 amide bonds. The fourth-order valence-electron chi connectivity index (χ4n) is 2.14. The molecule has 0 aromatic heterocycles. The smallest absolute Gasteiger partial charge is 0.165 e. The van der Waals surface area contributed by atoms with E-state index in [0.717, 1.165) is 57.2 Å². The molecule has 1 aromatic rings. The first kappa shape index (κ1) is 14.2. The van der Waals surface area contributed by atoms with Gasteiger partial charge in [0.1, 0.15) is 0 Å². The molecule has 0 fully saturated rings. The minimum absolute atomic E-state index is 0.741. The summed E-state index contributed by atoms with van der Waals surface area (Å²) < 4.78 is 11.5. The standard InChI is InChI=1S/C15H24N2O2/c1-17(2)9-4-8-16-12-13-6-3-7-14-15(13)19-11-5-10-18-14/h3,6-7,16H,4-5,8-12H2,1-2H3. The number of fused-ring (bicyclic) bond motifs is 1. The number of ether oxygens (including phenoxy) is 2. The van der Waals surface area contributed by atoms with Crippen LogP contribution in [-0.4, -0.2) is 45.3 Å². The van der Waals surface area contributed by atoms with Gasteiger partial charge in [0, 0.05) is 18.5 Å². The second-order valence-electron chi connectivity index (χ2n) is 5.13. The highest BCUT2D eigenvalue weighted by Crippen LogP contribution is 2.32. The lowest BCUT2D eigenvalue weighted by Crippen LogP contribution is -2.21. The molecule has 0 bridgehead atoms. The number of nitrogens with zero attached hydrogens (tertiary/aromatic N) is 1. The summed E-state index contributed by atoms with van der Waals surface area (Å²) in [7, 11) is 4.20. The van der Waals surface area contributed by atoms with Crippen LogP contribution in [0.3, 0.4) is 0 Å². The van der Waals surface area contributed by atoms with Gasteiger partial charge in [0.05, 0.1) is 13.2 Å². The Hall–Kier alpha value is -1.26. The molecule has 19 heavy (non-hydrogen) atoms. The maximum Gasteiger partial charge on any atom is 0.165 e. The summed E-state index contributed by atoms with van der Waals surface area (Å²) in [5.41, 5.74) is 1.18. The molecule has 1 heterocycles. The summed E-state index contributed by atoms with van der Waals surface area (Å²) in [5.74, 6) is 1.80. The van der Waals surface area contributed by atoms with Crippen LogP contribution >= 0.6 is 0 Å². The van der Waals surface area contributed by atoms with E-state index in [4.69, 9.17) is 9.47 Å². The highest BCUT2D eigenvalue weighted by atomic mass is 16.5. The molecule has 1 aliphatic heterocycles.